The fourth-order valence-corrected chi connectivity index (χ4v) is 3.63. The summed E-state index contributed by atoms with van der Waals surface area (Å²) >= 11 is 0. The van der Waals surface area contributed by atoms with Crippen LogP contribution in [0.1, 0.15) is 27.6 Å². The Labute approximate surface area is 220 Å². The molecule has 0 aliphatic rings. The van der Waals surface area contributed by atoms with Gasteiger partial charge in [-0.05, 0) is 42.3 Å². The number of hydrogen-bond donors (Lipinski definition) is 3. The summed E-state index contributed by atoms with van der Waals surface area (Å²) in [5, 5.41) is 15.7. The number of carbonyl (C=O) groups excluding carboxylic acids is 1. The third kappa shape index (κ3) is 5.72. The summed E-state index contributed by atoms with van der Waals surface area (Å²) in [5.74, 6) is -1.55. The molecule has 1 heterocycles. The molecule has 4 rings (SSSR count). The van der Waals surface area contributed by atoms with Gasteiger partial charge in [-0.1, -0.05) is 54.6 Å². The van der Waals surface area contributed by atoms with E-state index in [1.807, 2.05) is 61.5 Å². The Bertz CT molecular complexity index is 1310. The van der Waals surface area contributed by atoms with Crippen LogP contribution in [-0.2, 0) is 0 Å². The van der Waals surface area contributed by atoms with Crippen molar-refractivity contribution in [2.75, 3.05) is 17.2 Å². The number of nitrogens with zero attached hydrogens (tertiary/aromatic N) is 1. The van der Waals surface area contributed by atoms with Crippen molar-refractivity contribution in [1.29, 1.82) is 0 Å². The van der Waals surface area contributed by atoms with Crippen LogP contribution in [0.4, 0.5) is 11.4 Å². The van der Waals surface area contributed by atoms with Gasteiger partial charge in [0.1, 0.15) is 0 Å². The summed E-state index contributed by atoms with van der Waals surface area (Å²) in [6.45, 7) is 2.76. The van der Waals surface area contributed by atoms with E-state index in [-0.39, 0.29) is 40.8 Å². The Morgan fingerprint density at radius 3 is 2.29 bits per heavy atom. The number of amides is 1. The number of nitrogens with one attached hydrogen (secondary N) is 2. The molecule has 0 saturated heterocycles. The zero-order valence-electron chi connectivity index (χ0n) is 18.1. The van der Waals surface area contributed by atoms with Crippen molar-refractivity contribution in [2.45, 2.75) is 6.92 Å². The molecule has 0 aliphatic carbocycles. The molecule has 1 aromatic heterocycles. The number of aromatic nitrogens is 1. The molecule has 0 atom stereocenters. The molecule has 3 N–H and O–H groups in total. The number of carbonyl (C=O) groups is 2. The van der Waals surface area contributed by atoms with E-state index in [9.17, 15) is 14.7 Å². The predicted octanol–water partition coefficient (Wildman–Crippen LogP) is 5.15. The second-order valence-electron chi connectivity index (χ2n) is 7.42. The number of aromatic carboxylic acids is 1. The number of para-hydroxylation sites is 1. The van der Waals surface area contributed by atoms with Crippen molar-refractivity contribution in [3.8, 4) is 22.3 Å². The van der Waals surface area contributed by atoms with Crippen LogP contribution in [0.3, 0.4) is 0 Å². The Kier molecular flexibility index (Phi) is 8.60. The molecule has 0 fully saturated rings. The van der Waals surface area contributed by atoms with Crippen molar-refractivity contribution in [1.82, 2.24) is 4.98 Å². The molecule has 6 nitrogen and oxygen atoms in total. The van der Waals surface area contributed by atoms with Crippen molar-refractivity contribution in [2.24, 2.45) is 0 Å². The van der Waals surface area contributed by atoms with Crippen LogP contribution in [0.2, 0.25) is 0 Å². The van der Waals surface area contributed by atoms with Gasteiger partial charge in [-0.2, -0.15) is 0 Å². The quantitative estimate of drug-likeness (QED) is 0.331. The first-order valence-corrected chi connectivity index (χ1v) is 10.6. The molecule has 34 heavy (non-hydrogen) atoms. The third-order valence-corrected chi connectivity index (χ3v) is 5.21. The maximum absolute atomic E-state index is 13.0. The standard InChI is InChI=1S/C27H23N3O3.Na.H/c1-2-29-24-11-7-6-10-22(24)19-12-13-23(27(32)33)25(15-19)30-26(31)21-14-20(16-28-17-21)18-8-4-3-5-9-18;;/h3-17,29H,2H2,1H3,(H,30,31)(H,32,33);;. The number of benzene rings is 3. The summed E-state index contributed by atoms with van der Waals surface area (Å²) in [4.78, 5) is 29.0. The van der Waals surface area contributed by atoms with Crippen LogP contribution in [0.15, 0.2) is 91.3 Å². The van der Waals surface area contributed by atoms with E-state index in [2.05, 4.69) is 15.6 Å². The summed E-state index contributed by atoms with van der Waals surface area (Å²) in [6, 6.07) is 24.1. The minimum atomic E-state index is -1.12. The molecule has 0 radical (unpaired) electrons. The summed E-state index contributed by atoms with van der Waals surface area (Å²) in [7, 11) is 0. The van der Waals surface area contributed by atoms with Gasteiger partial charge in [0, 0.05) is 35.8 Å². The molecular weight excluding hydrogens is 437 g/mol. The third-order valence-electron chi connectivity index (χ3n) is 5.21. The molecule has 4 aromatic rings. The molecule has 3 aromatic carbocycles. The topological polar surface area (TPSA) is 91.3 Å². The number of pyridine rings is 1. The first-order chi connectivity index (χ1) is 16.1. The fraction of sp³-hybridized carbons (Fsp3) is 0.0741. The average Bonchev–Trinajstić information content (AvgIpc) is 2.85. The van der Waals surface area contributed by atoms with Crippen LogP contribution in [0.25, 0.3) is 22.3 Å². The van der Waals surface area contributed by atoms with Gasteiger partial charge in [-0.3, -0.25) is 9.78 Å². The van der Waals surface area contributed by atoms with Crippen molar-refractivity contribution >= 4 is 52.8 Å². The summed E-state index contributed by atoms with van der Waals surface area (Å²) in [6.07, 6.45) is 3.15. The monoisotopic (exact) mass is 461 g/mol. The Hall–Kier alpha value is -3.45. The van der Waals surface area contributed by atoms with Gasteiger partial charge in [0.05, 0.1) is 16.8 Å². The van der Waals surface area contributed by atoms with Crippen LogP contribution < -0.4 is 10.6 Å². The first-order valence-electron chi connectivity index (χ1n) is 10.6. The number of rotatable bonds is 7. The normalized spacial score (nSPS) is 10.1. The predicted molar refractivity (Wildman–Crippen MR) is 138 cm³/mol. The van der Waals surface area contributed by atoms with Gasteiger partial charge in [-0.25, -0.2) is 4.79 Å². The summed E-state index contributed by atoms with van der Waals surface area (Å²) in [5.41, 5.74) is 4.96. The maximum atomic E-state index is 13.0. The van der Waals surface area contributed by atoms with E-state index in [1.54, 1.807) is 24.4 Å². The van der Waals surface area contributed by atoms with Crippen molar-refractivity contribution < 1.29 is 14.7 Å². The molecular formula is C27H24N3NaO3. The van der Waals surface area contributed by atoms with E-state index in [0.717, 1.165) is 34.5 Å². The molecule has 0 bridgehead atoms. The minimum absolute atomic E-state index is 0. The van der Waals surface area contributed by atoms with Crippen LogP contribution in [0, 0.1) is 0 Å². The van der Waals surface area contributed by atoms with E-state index in [1.165, 1.54) is 12.3 Å². The number of carboxylic acids is 1. The first kappa shape index (κ1) is 25.2. The SMILES string of the molecule is CCNc1ccccc1-c1ccc(C(=O)O)c(NC(=O)c2cncc(-c3ccccc3)c2)c1.[NaH]. The van der Waals surface area contributed by atoms with E-state index >= 15 is 0 Å². The van der Waals surface area contributed by atoms with Gasteiger partial charge in [-0.15, -0.1) is 0 Å². The van der Waals surface area contributed by atoms with Crippen LogP contribution >= 0.6 is 0 Å². The van der Waals surface area contributed by atoms with Gasteiger partial charge >= 0.3 is 35.5 Å². The molecule has 7 heteroatoms. The summed E-state index contributed by atoms with van der Waals surface area (Å²) < 4.78 is 0. The number of anilines is 2. The fourth-order valence-electron chi connectivity index (χ4n) is 3.63. The molecule has 166 valence electrons. The Balaban J connectivity index is 0.00000324. The second kappa shape index (κ2) is 11.6. The van der Waals surface area contributed by atoms with E-state index in [4.69, 9.17) is 0 Å². The second-order valence-corrected chi connectivity index (χ2v) is 7.42. The van der Waals surface area contributed by atoms with Crippen LogP contribution in [0.5, 0.6) is 0 Å². The van der Waals surface area contributed by atoms with E-state index in [0.29, 0.717) is 5.56 Å². The molecule has 1 amide bonds. The Morgan fingerprint density at radius 1 is 0.824 bits per heavy atom. The molecule has 0 spiro atoms. The van der Waals surface area contributed by atoms with Gasteiger partial charge in [0.2, 0.25) is 0 Å². The van der Waals surface area contributed by atoms with Gasteiger partial charge in [0.25, 0.3) is 5.91 Å². The molecule has 0 unspecified atom stereocenters. The average molecular weight is 461 g/mol. The molecule has 0 aliphatic heterocycles. The van der Waals surface area contributed by atoms with Crippen molar-refractivity contribution in [3.05, 3.63) is 102 Å². The zero-order chi connectivity index (χ0) is 23.2. The molecule has 0 saturated carbocycles. The van der Waals surface area contributed by atoms with Gasteiger partial charge < -0.3 is 15.7 Å². The van der Waals surface area contributed by atoms with Crippen LogP contribution in [-0.4, -0.2) is 58.1 Å². The number of carboxylic acid groups (broad SMARTS) is 1. The zero-order valence-corrected chi connectivity index (χ0v) is 18.1. The Morgan fingerprint density at radius 2 is 1.56 bits per heavy atom. The number of hydrogen-bond acceptors (Lipinski definition) is 4. The van der Waals surface area contributed by atoms with Crippen molar-refractivity contribution in [3.63, 3.8) is 0 Å². The van der Waals surface area contributed by atoms with E-state index < -0.39 is 11.9 Å². The van der Waals surface area contributed by atoms with Gasteiger partial charge in [0.15, 0.2) is 0 Å².